The second-order valence-corrected chi connectivity index (χ2v) is 4.99. The molecule has 106 valence electrons. The number of piperidine rings is 1. The molecular weight excluding hydrogens is 246 g/mol. The van der Waals surface area contributed by atoms with Crippen molar-refractivity contribution >= 4 is 5.82 Å². The van der Waals surface area contributed by atoms with Crippen LogP contribution in [-0.4, -0.2) is 45.1 Å². The van der Waals surface area contributed by atoms with Crippen LogP contribution in [0.25, 0.3) is 0 Å². The summed E-state index contributed by atoms with van der Waals surface area (Å²) in [4.78, 5) is 16.9. The second kappa shape index (κ2) is 6.12. The lowest BCUT2D eigenvalue weighted by Crippen LogP contribution is -2.45. The Balaban J connectivity index is 2.01. The number of hydrogen-bond acceptors (Lipinski definition) is 5. The maximum atomic E-state index is 10.9. The van der Waals surface area contributed by atoms with Gasteiger partial charge in [-0.1, -0.05) is 6.42 Å². The molecule has 2 N–H and O–H groups in total. The summed E-state index contributed by atoms with van der Waals surface area (Å²) in [6.45, 7) is 4.87. The maximum absolute atomic E-state index is 10.9. The standard InChI is InChI=1S/C12H21N5O2/c1-10-14-9-12(17(18)19)16(10)7-6-15-5-3-2-4-11(15)8-13/h9,11H,2-8,13H2,1H3. The summed E-state index contributed by atoms with van der Waals surface area (Å²) in [7, 11) is 0. The fourth-order valence-electron chi connectivity index (χ4n) is 2.73. The number of hydrogen-bond donors (Lipinski definition) is 1. The van der Waals surface area contributed by atoms with Gasteiger partial charge in [-0.05, 0) is 24.3 Å². The smallest absolute Gasteiger partial charge is 0.342 e. The van der Waals surface area contributed by atoms with Crippen molar-refractivity contribution in [2.45, 2.75) is 38.8 Å². The quantitative estimate of drug-likeness (QED) is 0.632. The van der Waals surface area contributed by atoms with Gasteiger partial charge in [0, 0.05) is 26.1 Å². The molecule has 2 heterocycles. The molecule has 1 aliphatic heterocycles. The maximum Gasteiger partial charge on any atom is 0.342 e. The Bertz CT molecular complexity index is 445. The normalized spacial score (nSPS) is 20.6. The molecule has 1 saturated heterocycles. The Morgan fingerprint density at radius 1 is 1.53 bits per heavy atom. The third-order valence-electron chi connectivity index (χ3n) is 3.85. The number of nitrogens with two attached hydrogens (primary N) is 1. The van der Waals surface area contributed by atoms with Crippen molar-refractivity contribution in [3.8, 4) is 0 Å². The van der Waals surface area contributed by atoms with Gasteiger partial charge in [-0.2, -0.15) is 0 Å². The minimum atomic E-state index is -0.378. The van der Waals surface area contributed by atoms with E-state index in [0.29, 0.717) is 25.0 Å². The molecule has 0 saturated carbocycles. The zero-order valence-electron chi connectivity index (χ0n) is 11.3. The van der Waals surface area contributed by atoms with E-state index in [4.69, 9.17) is 5.73 Å². The Labute approximate surface area is 112 Å². The van der Waals surface area contributed by atoms with E-state index in [1.54, 1.807) is 11.5 Å². The van der Waals surface area contributed by atoms with Gasteiger partial charge in [0.15, 0.2) is 5.82 Å². The average molecular weight is 267 g/mol. The fraction of sp³-hybridized carbons (Fsp3) is 0.750. The lowest BCUT2D eigenvalue weighted by Gasteiger charge is -2.34. The van der Waals surface area contributed by atoms with Gasteiger partial charge >= 0.3 is 5.82 Å². The molecule has 1 aromatic heterocycles. The highest BCUT2D eigenvalue weighted by Crippen LogP contribution is 2.18. The molecule has 1 aromatic rings. The van der Waals surface area contributed by atoms with E-state index in [0.717, 1.165) is 19.5 Å². The minimum absolute atomic E-state index is 0.0683. The van der Waals surface area contributed by atoms with Gasteiger partial charge in [-0.25, -0.2) is 9.55 Å². The van der Waals surface area contributed by atoms with Crippen LogP contribution < -0.4 is 5.73 Å². The monoisotopic (exact) mass is 267 g/mol. The zero-order valence-corrected chi connectivity index (χ0v) is 11.3. The van der Waals surface area contributed by atoms with Gasteiger partial charge in [-0.15, -0.1) is 0 Å². The van der Waals surface area contributed by atoms with Crippen LogP contribution in [-0.2, 0) is 6.54 Å². The zero-order chi connectivity index (χ0) is 13.8. The summed E-state index contributed by atoms with van der Waals surface area (Å²) in [6, 6.07) is 0.414. The number of aryl methyl sites for hydroxylation is 1. The SMILES string of the molecule is Cc1ncc([N+](=O)[O-])n1CCN1CCCCC1CN. The predicted molar refractivity (Wildman–Crippen MR) is 71.9 cm³/mol. The van der Waals surface area contributed by atoms with Crippen LogP contribution in [0.5, 0.6) is 0 Å². The molecule has 1 aliphatic rings. The Morgan fingerprint density at radius 3 is 3.00 bits per heavy atom. The van der Waals surface area contributed by atoms with E-state index in [9.17, 15) is 10.1 Å². The molecule has 1 unspecified atom stereocenters. The largest absolute Gasteiger partial charge is 0.358 e. The van der Waals surface area contributed by atoms with Crippen molar-refractivity contribution in [2.24, 2.45) is 5.73 Å². The highest BCUT2D eigenvalue weighted by Gasteiger charge is 2.23. The molecule has 19 heavy (non-hydrogen) atoms. The van der Waals surface area contributed by atoms with Gasteiger partial charge in [0.05, 0.1) is 0 Å². The summed E-state index contributed by atoms with van der Waals surface area (Å²) in [6.07, 6.45) is 4.86. The van der Waals surface area contributed by atoms with E-state index in [1.165, 1.54) is 19.0 Å². The van der Waals surface area contributed by atoms with E-state index < -0.39 is 0 Å². The molecule has 0 aromatic carbocycles. The number of rotatable bonds is 5. The molecule has 1 atom stereocenters. The van der Waals surface area contributed by atoms with Crippen molar-refractivity contribution in [3.63, 3.8) is 0 Å². The number of imidazole rings is 1. The van der Waals surface area contributed by atoms with Crippen molar-refractivity contribution < 1.29 is 4.92 Å². The second-order valence-electron chi connectivity index (χ2n) is 4.99. The van der Waals surface area contributed by atoms with Crippen LogP contribution >= 0.6 is 0 Å². The predicted octanol–water partition coefficient (Wildman–Crippen LogP) is 0.913. The first kappa shape index (κ1) is 14.0. The summed E-state index contributed by atoms with van der Waals surface area (Å²) in [5.41, 5.74) is 5.78. The average Bonchev–Trinajstić information content (AvgIpc) is 2.78. The van der Waals surface area contributed by atoms with Crippen molar-refractivity contribution in [2.75, 3.05) is 19.6 Å². The van der Waals surface area contributed by atoms with Crippen molar-refractivity contribution in [1.82, 2.24) is 14.5 Å². The Morgan fingerprint density at radius 2 is 2.32 bits per heavy atom. The third kappa shape index (κ3) is 3.10. The first-order valence-corrected chi connectivity index (χ1v) is 6.74. The van der Waals surface area contributed by atoms with Gasteiger partial charge in [-0.3, -0.25) is 4.90 Å². The van der Waals surface area contributed by atoms with Crippen LogP contribution in [0.1, 0.15) is 25.1 Å². The third-order valence-corrected chi connectivity index (χ3v) is 3.85. The van der Waals surface area contributed by atoms with E-state index in [-0.39, 0.29) is 10.7 Å². The van der Waals surface area contributed by atoms with E-state index in [2.05, 4.69) is 9.88 Å². The van der Waals surface area contributed by atoms with Crippen molar-refractivity contribution in [1.29, 1.82) is 0 Å². The molecule has 1 fully saturated rings. The summed E-state index contributed by atoms with van der Waals surface area (Å²) >= 11 is 0. The molecule has 0 radical (unpaired) electrons. The van der Waals surface area contributed by atoms with E-state index >= 15 is 0 Å². The van der Waals surface area contributed by atoms with E-state index in [1.807, 2.05) is 0 Å². The minimum Gasteiger partial charge on any atom is -0.358 e. The number of aromatic nitrogens is 2. The van der Waals surface area contributed by atoms with Crippen LogP contribution in [0.4, 0.5) is 5.82 Å². The van der Waals surface area contributed by atoms with Gasteiger partial charge < -0.3 is 15.8 Å². The lowest BCUT2D eigenvalue weighted by atomic mass is 10.0. The summed E-state index contributed by atoms with van der Waals surface area (Å²) in [5.74, 6) is 0.756. The lowest BCUT2D eigenvalue weighted by molar-refractivity contribution is -0.392. The first-order valence-electron chi connectivity index (χ1n) is 6.74. The van der Waals surface area contributed by atoms with Crippen molar-refractivity contribution in [3.05, 3.63) is 22.1 Å². The van der Waals surface area contributed by atoms with Gasteiger partial charge in [0.2, 0.25) is 0 Å². The highest BCUT2D eigenvalue weighted by atomic mass is 16.6. The topological polar surface area (TPSA) is 90.2 Å². The van der Waals surface area contributed by atoms with Crippen LogP contribution in [0.15, 0.2) is 6.20 Å². The Kier molecular flexibility index (Phi) is 4.49. The first-order chi connectivity index (χ1) is 9.13. The molecule has 0 bridgehead atoms. The summed E-state index contributed by atoms with van der Waals surface area (Å²) in [5, 5.41) is 10.9. The Hall–Kier alpha value is -1.47. The molecule has 0 aliphatic carbocycles. The number of nitro groups is 1. The molecule has 0 amide bonds. The molecule has 7 heteroatoms. The number of nitrogens with zero attached hydrogens (tertiary/aromatic N) is 4. The summed E-state index contributed by atoms with van der Waals surface area (Å²) < 4.78 is 1.67. The molecule has 2 rings (SSSR count). The van der Waals surface area contributed by atoms with Gasteiger partial charge in [0.1, 0.15) is 12.7 Å². The van der Waals surface area contributed by atoms with Crippen LogP contribution in [0.2, 0.25) is 0 Å². The highest BCUT2D eigenvalue weighted by molar-refractivity contribution is 5.18. The molecule has 7 nitrogen and oxygen atoms in total. The van der Waals surface area contributed by atoms with Crippen LogP contribution in [0, 0.1) is 17.0 Å². The molecule has 0 spiro atoms. The number of likely N-dealkylation sites (tertiary alicyclic amines) is 1. The van der Waals surface area contributed by atoms with Crippen LogP contribution in [0.3, 0.4) is 0 Å². The van der Waals surface area contributed by atoms with Gasteiger partial charge in [0.25, 0.3) is 0 Å². The fourth-order valence-corrected chi connectivity index (χ4v) is 2.73. The molecular formula is C12H21N5O2.